The van der Waals surface area contributed by atoms with E-state index in [1.807, 2.05) is 0 Å². The van der Waals surface area contributed by atoms with E-state index in [4.69, 9.17) is 14.2 Å². The monoisotopic (exact) mass is 343 g/mol. The third-order valence-electron chi connectivity index (χ3n) is 3.03. The molecule has 0 spiro atoms. The molecule has 2 rings (SSSR count). The number of pyridine rings is 1. The molecule has 0 fully saturated rings. The molecular formula is C17H17N3O5. The molecule has 1 heterocycles. The van der Waals surface area contributed by atoms with E-state index in [9.17, 15) is 9.59 Å². The van der Waals surface area contributed by atoms with Gasteiger partial charge in [-0.25, -0.2) is 5.43 Å². The number of nitrogens with one attached hydrogen (secondary N) is 1. The van der Waals surface area contributed by atoms with E-state index in [1.165, 1.54) is 33.6 Å². The topological polar surface area (TPSA) is 99.1 Å². The van der Waals surface area contributed by atoms with Gasteiger partial charge in [0, 0.05) is 24.9 Å². The predicted octanol–water partition coefficient (Wildman–Crippen LogP) is 1.79. The highest BCUT2D eigenvalue weighted by atomic mass is 16.6. The number of hydrogen-bond donors (Lipinski definition) is 1. The van der Waals surface area contributed by atoms with E-state index in [1.54, 1.807) is 30.5 Å². The van der Waals surface area contributed by atoms with Crippen LogP contribution in [0.5, 0.6) is 17.2 Å². The zero-order chi connectivity index (χ0) is 18.2. The zero-order valence-electron chi connectivity index (χ0n) is 14.0. The van der Waals surface area contributed by atoms with Crippen LogP contribution in [0.3, 0.4) is 0 Å². The summed E-state index contributed by atoms with van der Waals surface area (Å²) >= 11 is 0. The second-order valence-corrected chi connectivity index (χ2v) is 4.79. The summed E-state index contributed by atoms with van der Waals surface area (Å²) in [7, 11) is 2.87. The van der Waals surface area contributed by atoms with Gasteiger partial charge in [0.15, 0.2) is 11.5 Å². The van der Waals surface area contributed by atoms with E-state index >= 15 is 0 Å². The molecular weight excluding hydrogens is 326 g/mol. The first-order chi connectivity index (χ1) is 12.0. The van der Waals surface area contributed by atoms with Gasteiger partial charge in [-0.15, -0.1) is 0 Å². The Bertz CT molecular complexity index is 765. The van der Waals surface area contributed by atoms with Crippen molar-refractivity contribution in [3.8, 4) is 17.2 Å². The Morgan fingerprint density at radius 2 is 1.88 bits per heavy atom. The van der Waals surface area contributed by atoms with Crippen LogP contribution in [-0.4, -0.2) is 37.3 Å². The molecule has 0 aliphatic heterocycles. The van der Waals surface area contributed by atoms with Crippen molar-refractivity contribution in [3.05, 3.63) is 47.8 Å². The summed E-state index contributed by atoms with van der Waals surface area (Å²) in [6.07, 6.45) is 4.42. The first-order valence-corrected chi connectivity index (χ1v) is 7.23. The van der Waals surface area contributed by atoms with Crippen LogP contribution >= 0.6 is 0 Å². The summed E-state index contributed by atoms with van der Waals surface area (Å²) in [5, 5.41) is 3.89. The van der Waals surface area contributed by atoms with Crippen molar-refractivity contribution >= 4 is 18.1 Å². The van der Waals surface area contributed by atoms with Gasteiger partial charge < -0.3 is 14.2 Å². The van der Waals surface area contributed by atoms with Crippen molar-refractivity contribution in [1.29, 1.82) is 0 Å². The fourth-order valence-corrected chi connectivity index (χ4v) is 1.95. The number of nitrogens with zero attached hydrogens (tertiary/aromatic N) is 2. The van der Waals surface area contributed by atoms with E-state index in [-0.39, 0.29) is 11.7 Å². The number of aromatic nitrogens is 1. The Hall–Kier alpha value is -3.42. The van der Waals surface area contributed by atoms with E-state index < -0.39 is 5.97 Å². The molecule has 0 atom stereocenters. The standard InChI is InChI=1S/C17H17N3O5/c1-11(21)25-16-14(23-2)7-12(8-15(16)24-3)9-19-20-17(22)13-5-4-6-18-10-13/h4-10H,1-3H3,(H,20,22)/b19-9+. The molecule has 0 aliphatic carbocycles. The number of amides is 1. The lowest BCUT2D eigenvalue weighted by Crippen LogP contribution is -2.17. The number of carbonyl (C=O) groups is 2. The second-order valence-electron chi connectivity index (χ2n) is 4.79. The minimum atomic E-state index is -0.498. The third kappa shape index (κ3) is 4.77. The van der Waals surface area contributed by atoms with Crippen molar-refractivity contribution < 1.29 is 23.8 Å². The van der Waals surface area contributed by atoms with Crippen molar-refractivity contribution in [2.24, 2.45) is 5.10 Å². The number of benzene rings is 1. The fraction of sp³-hybridized carbons (Fsp3) is 0.176. The van der Waals surface area contributed by atoms with Crippen molar-refractivity contribution in [2.45, 2.75) is 6.92 Å². The molecule has 8 nitrogen and oxygen atoms in total. The first kappa shape index (κ1) is 17.9. The SMILES string of the molecule is COc1cc(/C=N/NC(=O)c2cccnc2)cc(OC)c1OC(C)=O. The quantitative estimate of drug-likeness (QED) is 0.371. The van der Waals surface area contributed by atoms with Crippen molar-refractivity contribution in [1.82, 2.24) is 10.4 Å². The van der Waals surface area contributed by atoms with Gasteiger partial charge in [-0.1, -0.05) is 0 Å². The fourth-order valence-electron chi connectivity index (χ4n) is 1.95. The average molecular weight is 343 g/mol. The highest BCUT2D eigenvalue weighted by Crippen LogP contribution is 2.38. The number of hydrazone groups is 1. The number of hydrogen-bond acceptors (Lipinski definition) is 7. The summed E-state index contributed by atoms with van der Waals surface area (Å²) in [4.78, 5) is 27.0. The molecule has 0 unspecified atom stereocenters. The van der Waals surface area contributed by atoms with E-state index in [2.05, 4.69) is 15.5 Å². The molecule has 0 saturated heterocycles. The van der Waals surface area contributed by atoms with Crippen molar-refractivity contribution in [2.75, 3.05) is 14.2 Å². The van der Waals surface area contributed by atoms with E-state index in [0.717, 1.165) is 0 Å². The van der Waals surface area contributed by atoms with Gasteiger partial charge in [0.05, 0.1) is 26.0 Å². The highest BCUT2D eigenvalue weighted by Gasteiger charge is 2.15. The van der Waals surface area contributed by atoms with Crippen molar-refractivity contribution in [3.63, 3.8) is 0 Å². The summed E-state index contributed by atoms with van der Waals surface area (Å²) in [5.41, 5.74) is 3.36. The molecule has 1 aromatic carbocycles. The lowest BCUT2D eigenvalue weighted by Gasteiger charge is -2.13. The van der Waals surface area contributed by atoms with Crippen LogP contribution in [0.15, 0.2) is 41.8 Å². The molecule has 0 saturated carbocycles. The third-order valence-corrected chi connectivity index (χ3v) is 3.03. The minimum Gasteiger partial charge on any atom is -0.493 e. The highest BCUT2D eigenvalue weighted by molar-refractivity contribution is 5.94. The van der Waals surface area contributed by atoms with Crippen LogP contribution in [0.2, 0.25) is 0 Å². The first-order valence-electron chi connectivity index (χ1n) is 7.23. The Morgan fingerprint density at radius 1 is 1.20 bits per heavy atom. The normalized spacial score (nSPS) is 10.4. The predicted molar refractivity (Wildman–Crippen MR) is 90.2 cm³/mol. The Morgan fingerprint density at radius 3 is 2.40 bits per heavy atom. The minimum absolute atomic E-state index is 0.175. The van der Waals surface area contributed by atoms with Gasteiger partial charge >= 0.3 is 5.97 Å². The van der Waals surface area contributed by atoms with Crippen LogP contribution in [0.25, 0.3) is 0 Å². The zero-order valence-corrected chi connectivity index (χ0v) is 14.0. The van der Waals surface area contributed by atoms with Gasteiger partial charge in [-0.05, 0) is 24.3 Å². The lowest BCUT2D eigenvalue weighted by molar-refractivity contribution is -0.132. The summed E-state index contributed by atoms with van der Waals surface area (Å²) in [6.45, 7) is 1.28. The van der Waals surface area contributed by atoms with Crippen LogP contribution in [-0.2, 0) is 4.79 Å². The molecule has 1 N–H and O–H groups in total. The maximum atomic E-state index is 11.9. The Balaban J connectivity index is 2.19. The maximum absolute atomic E-state index is 11.9. The molecule has 2 aromatic rings. The average Bonchev–Trinajstić information content (AvgIpc) is 2.62. The van der Waals surface area contributed by atoms with Gasteiger partial charge in [-0.2, -0.15) is 5.10 Å². The smallest absolute Gasteiger partial charge is 0.308 e. The van der Waals surface area contributed by atoms with E-state index in [0.29, 0.717) is 22.6 Å². The lowest BCUT2D eigenvalue weighted by atomic mass is 10.2. The van der Waals surface area contributed by atoms with Gasteiger partial charge in [0.1, 0.15) is 0 Å². The van der Waals surface area contributed by atoms with Gasteiger partial charge in [-0.3, -0.25) is 14.6 Å². The largest absolute Gasteiger partial charge is 0.493 e. The van der Waals surface area contributed by atoms with Crippen LogP contribution in [0, 0.1) is 0 Å². The molecule has 0 radical (unpaired) electrons. The number of rotatable bonds is 6. The Labute approximate surface area is 144 Å². The molecule has 0 aliphatic rings. The van der Waals surface area contributed by atoms with Crippen LogP contribution in [0.1, 0.15) is 22.8 Å². The summed E-state index contributed by atoms with van der Waals surface area (Å²) < 4.78 is 15.5. The van der Waals surface area contributed by atoms with Gasteiger partial charge in [0.25, 0.3) is 5.91 Å². The molecule has 25 heavy (non-hydrogen) atoms. The molecule has 1 aromatic heterocycles. The molecule has 0 bridgehead atoms. The van der Waals surface area contributed by atoms with Crippen LogP contribution in [0.4, 0.5) is 0 Å². The van der Waals surface area contributed by atoms with Crippen LogP contribution < -0.4 is 19.6 Å². The number of carbonyl (C=O) groups excluding carboxylic acids is 2. The Kier molecular flexibility index (Phi) is 6.05. The molecule has 8 heteroatoms. The summed E-state index contributed by atoms with van der Waals surface area (Å²) in [5.74, 6) is -0.111. The molecule has 1 amide bonds. The number of methoxy groups -OCH3 is 2. The number of esters is 1. The second kappa shape index (κ2) is 8.44. The molecule has 130 valence electrons. The van der Waals surface area contributed by atoms with Gasteiger partial charge in [0.2, 0.25) is 5.75 Å². The maximum Gasteiger partial charge on any atom is 0.308 e. The summed E-state index contributed by atoms with van der Waals surface area (Å²) in [6, 6.07) is 6.47. The number of ether oxygens (including phenoxy) is 3.